The Morgan fingerprint density at radius 3 is 2.18 bits per heavy atom. The highest BCUT2D eigenvalue weighted by Crippen LogP contribution is 2.46. The van der Waals surface area contributed by atoms with Crippen molar-refractivity contribution < 1.29 is 28.2 Å². The maximum absolute atomic E-state index is 13.6. The van der Waals surface area contributed by atoms with Gasteiger partial charge in [0, 0.05) is 11.3 Å². The van der Waals surface area contributed by atoms with Crippen LogP contribution in [-0.2, 0) is 4.79 Å². The monoisotopic (exact) mass is 527 g/mol. The number of amides is 1. The van der Waals surface area contributed by atoms with Crippen molar-refractivity contribution in [3.63, 3.8) is 0 Å². The average molecular weight is 528 g/mol. The quantitative estimate of drug-likeness (QED) is 0.195. The fourth-order valence-electron chi connectivity index (χ4n) is 5.16. The molecule has 1 aliphatic heterocycles. The van der Waals surface area contributed by atoms with Crippen LogP contribution in [0.3, 0.4) is 0 Å². The lowest BCUT2D eigenvalue weighted by molar-refractivity contribution is -0.131. The SMILES string of the molecule is COc1ccc(C=O)c(-c2ccc(C3C(CC[C@H](O)c4ccc(F)cc4)C(=O)N3c3ccc(F)cc3)cc2)c1. The number of carbonyl (C=O) groups excluding carboxylic acids is 2. The summed E-state index contributed by atoms with van der Waals surface area (Å²) in [6.07, 6.45) is 0.690. The van der Waals surface area contributed by atoms with Gasteiger partial charge in [-0.25, -0.2) is 8.78 Å². The molecule has 0 radical (unpaired) electrons. The van der Waals surface area contributed by atoms with E-state index in [0.717, 1.165) is 23.0 Å². The van der Waals surface area contributed by atoms with Crippen molar-refractivity contribution in [2.24, 2.45) is 5.92 Å². The summed E-state index contributed by atoms with van der Waals surface area (Å²) in [5, 5.41) is 10.7. The fraction of sp³-hybridized carbons (Fsp3) is 0.188. The van der Waals surface area contributed by atoms with Crippen molar-refractivity contribution in [3.8, 4) is 16.9 Å². The van der Waals surface area contributed by atoms with Gasteiger partial charge in [-0.3, -0.25) is 9.59 Å². The topological polar surface area (TPSA) is 66.8 Å². The Bertz CT molecular complexity index is 1470. The number of methoxy groups -OCH3 is 1. The van der Waals surface area contributed by atoms with E-state index >= 15 is 0 Å². The molecule has 0 bridgehead atoms. The summed E-state index contributed by atoms with van der Waals surface area (Å²) < 4.78 is 32.2. The van der Waals surface area contributed by atoms with Gasteiger partial charge >= 0.3 is 0 Å². The Hall–Kier alpha value is -4.36. The van der Waals surface area contributed by atoms with Gasteiger partial charge < -0.3 is 14.7 Å². The van der Waals surface area contributed by atoms with Crippen molar-refractivity contribution >= 4 is 17.9 Å². The van der Waals surface area contributed by atoms with E-state index in [1.165, 1.54) is 36.4 Å². The highest BCUT2D eigenvalue weighted by molar-refractivity contribution is 6.03. The summed E-state index contributed by atoms with van der Waals surface area (Å²) in [6.45, 7) is 0. The van der Waals surface area contributed by atoms with Crippen LogP contribution >= 0.6 is 0 Å². The number of carbonyl (C=O) groups is 2. The van der Waals surface area contributed by atoms with Crippen molar-refractivity contribution in [1.82, 2.24) is 0 Å². The lowest BCUT2D eigenvalue weighted by Gasteiger charge is -2.48. The highest BCUT2D eigenvalue weighted by atomic mass is 19.1. The number of ether oxygens (including phenoxy) is 1. The molecular weight excluding hydrogens is 500 g/mol. The average Bonchev–Trinajstić information content (AvgIpc) is 2.97. The molecule has 4 aromatic carbocycles. The molecule has 1 amide bonds. The Morgan fingerprint density at radius 2 is 1.56 bits per heavy atom. The second-order valence-corrected chi connectivity index (χ2v) is 9.57. The number of anilines is 1. The Kier molecular flexibility index (Phi) is 7.52. The van der Waals surface area contributed by atoms with Gasteiger partial charge in [-0.2, -0.15) is 0 Å². The number of halogens is 2. The minimum absolute atomic E-state index is 0.113. The first kappa shape index (κ1) is 26.3. The number of hydrogen-bond acceptors (Lipinski definition) is 4. The maximum Gasteiger partial charge on any atom is 0.233 e. The lowest BCUT2D eigenvalue weighted by atomic mass is 9.78. The molecule has 7 heteroatoms. The molecule has 39 heavy (non-hydrogen) atoms. The van der Waals surface area contributed by atoms with Gasteiger partial charge in [0.15, 0.2) is 6.29 Å². The van der Waals surface area contributed by atoms with E-state index in [-0.39, 0.29) is 17.8 Å². The normalized spacial score (nSPS) is 17.4. The van der Waals surface area contributed by atoms with E-state index < -0.39 is 17.8 Å². The molecule has 4 aromatic rings. The van der Waals surface area contributed by atoms with E-state index in [0.29, 0.717) is 35.4 Å². The first-order valence-corrected chi connectivity index (χ1v) is 12.7. The summed E-state index contributed by atoms with van der Waals surface area (Å²) in [6, 6.07) is 24.0. The van der Waals surface area contributed by atoms with Crippen molar-refractivity contribution in [1.29, 1.82) is 0 Å². The molecule has 1 fully saturated rings. The van der Waals surface area contributed by atoms with E-state index in [1.807, 2.05) is 24.3 Å². The van der Waals surface area contributed by atoms with Gasteiger partial charge in [0.05, 0.1) is 25.2 Å². The first-order chi connectivity index (χ1) is 18.9. The zero-order valence-corrected chi connectivity index (χ0v) is 21.3. The molecule has 0 aromatic heterocycles. The predicted molar refractivity (Wildman–Crippen MR) is 145 cm³/mol. The molecule has 1 N–H and O–H groups in total. The number of nitrogens with zero attached hydrogens (tertiary/aromatic N) is 1. The van der Waals surface area contributed by atoms with Crippen molar-refractivity contribution in [2.75, 3.05) is 12.0 Å². The molecule has 1 aliphatic rings. The number of hydrogen-bond donors (Lipinski definition) is 1. The number of β-lactam (4-membered cyclic amide) rings is 1. The van der Waals surface area contributed by atoms with Crippen LogP contribution in [0, 0.1) is 17.6 Å². The van der Waals surface area contributed by atoms with Gasteiger partial charge in [0.25, 0.3) is 0 Å². The zero-order chi connectivity index (χ0) is 27.5. The molecule has 0 saturated carbocycles. The van der Waals surface area contributed by atoms with Crippen LogP contribution < -0.4 is 9.64 Å². The van der Waals surface area contributed by atoms with E-state index in [9.17, 15) is 23.5 Å². The lowest BCUT2D eigenvalue weighted by Crippen LogP contribution is -2.55. The summed E-state index contributed by atoms with van der Waals surface area (Å²) in [5.74, 6) is -0.661. The largest absolute Gasteiger partial charge is 0.497 e. The number of rotatable bonds is 9. The van der Waals surface area contributed by atoms with Crippen LogP contribution in [0.1, 0.15) is 46.5 Å². The predicted octanol–water partition coefficient (Wildman–Crippen LogP) is 6.67. The van der Waals surface area contributed by atoms with Crippen LogP contribution in [-0.4, -0.2) is 24.4 Å². The molecule has 1 heterocycles. The third-order valence-corrected chi connectivity index (χ3v) is 7.28. The number of benzene rings is 4. The number of aldehydes is 1. The second kappa shape index (κ2) is 11.2. The van der Waals surface area contributed by atoms with Crippen LogP contribution in [0.25, 0.3) is 11.1 Å². The summed E-state index contributed by atoms with van der Waals surface area (Å²) in [5.41, 5.74) is 4.13. The molecule has 0 aliphatic carbocycles. The van der Waals surface area contributed by atoms with Crippen LogP contribution in [0.5, 0.6) is 5.75 Å². The third-order valence-electron chi connectivity index (χ3n) is 7.28. The summed E-state index contributed by atoms with van der Waals surface area (Å²) in [7, 11) is 1.56. The zero-order valence-electron chi connectivity index (χ0n) is 21.3. The van der Waals surface area contributed by atoms with Gasteiger partial charge in [-0.15, -0.1) is 0 Å². The molecule has 3 atom stereocenters. The third kappa shape index (κ3) is 5.31. The number of aliphatic hydroxyl groups excluding tert-OH is 1. The summed E-state index contributed by atoms with van der Waals surface area (Å²) >= 11 is 0. The summed E-state index contributed by atoms with van der Waals surface area (Å²) in [4.78, 5) is 26.6. The van der Waals surface area contributed by atoms with Gasteiger partial charge in [-0.1, -0.05) is 36.4 Å². The van der Waals surface area contributed by atoms with Gasteiger partial charge in [-0.05, 0) is 89.7 Å². The molecule has 5 rings (SSSR count). The van der Waals surface area contributed by atoms with Crippen LogP contribution in [0.15, 0.2) is 91.0 Å². The van der Waals surface area contributed by atoms with Crippen molar-refractivity contribution in [2.45, 2.75) is 25.0 Å². The molecule has 0 spiro atoms. The maximum atomic E-state index is 13.6. The smallest absolute Gasteiger partial charge is 0.233 e. The van der Waals surface area contributed by atoms with Crippen LogP contribution in [0.4, 0.5) is 14.5 Å². The minimum Gasteiger partial charge on any atom is -0.497 e. The van der Waals surface area contributed by atoms with E-state index in [1.54, 1.807) is 42.3 Å². The van der Waals surface area contributed by atoms with Crippen LogP contribution in [0.2, 0.25) is 0 Å². The van der Waals surface area contributed by atoms with E-state index in [4.69, 9.17) is 4.74 Å². The molecular formula is C32H27F2NO4. The second-order valence-electron chi connectivity index (χ2n) is 9.57. The molecule has 2 unspecified atom stereocenters. The standard InChI is InChI=1S/C32H27F2NO4/c1-39-27-15-8-23(19-36)29(18-27)20-2-4-22(5-3-20)31-28(16-17-30(37)21-6-9-24(33)10-7-21)32(38)35(31)26-13-11-25(34)12-14-26/h2-15,18-19,28,30-31,37H,16-17H2,1H3/t28?,30-,31?/m0/s1. The number of aliphatic hydroxyl groups is 1. The van der Waals surface area contributed by atoms with Gasteiger partial charge in [0.1, 0.15) is 17.4 Å². The molecule has 1 saturated heterocycles. The Labute approximate surface area is 225 Å². The Balaban J connectivity index is 1.43. The highest BCUT2D eigenvalue weighted by Gasteiger charge is 2.48. The van der Waals surface area contributed by atoms with Gasteiger partial charge in [0.2, 0.25) is 5.91 Å². The molecule has 198 valence electrons. The minimum atomic E-state index is -0.837. The first-order valence-electron chi connectivity index (χ1n) is 12.7. The fourth-order valence-corrected chi connectivity index (χ4v) is 5.16. The Morgan fingerprint density at radius 1 is 0.923 bits per heavy atom. The van der Waals surface area contributed by atoms with Crippen molar-refractivity contribution in [3.05, 3.63) is 119 Å². The molecule has 5 nitrogen and oxygen atoms in total. The van der Waals surface area contributed by atoms with E-state index in [2.05, 4.69) is 0 Å².